The molecular formula is C31H32ClF3N10O4. The Morgan fingerprint density at radius 1 is 1.02 bits per heavy atom. The van der Waals surface area contributed by atoms with E-state index in [1.165, 1.54) is 43.9 Å². The van der Waals surface area contributed by atoms with Crippen molar-refractivity contribution in [2.75, 3.05) is 51.7 Å². The summed E-state index contributed by atoms with van der Waals surface area (Å²) in [5, 5.41) is 9.65. The van der Waals surface area contributed by atoms with Gasteiger partial charge in [-0.3, -0.25) is 14.4 Å². The Bertz CT molecular complexity index is 1830. The fourth-order valence-electron chi connectivity index (χ4n) is 5.77. The summed E-state index contributed by atoms with van der Waals surface area (Å²) in [4.78, 5) is 57.2. The number of piperazine rings is 1. The van der Waals surface area contributed by atoms with Crippen LogP contribution < -0.4 is 15.4 Å². The zero-order valence-corrected chi connectivity index (χ0v) is 27.0. The number of H-pyrrole nitrogens is 1. The van der Waals surface area contributed by atoms with Crippen molar-refractivity contribution in [1.82, 2.24) is 44.8 Å². The Morgan fingerprint density at radius 3 is 2.37 bits per heavy atom. The summed E-state index contributed by atoms with van der Waals surface area (Å²) in [7, 11) is 1.41. The first-order valence-electron chi connectivity index (χ1n) is 15.5. The Labute approximate surface area is 283 Å². The molecule has 6 rings (SSSR count). The SMILES string of the molecule is COc1cnc(-n2cc(Cc3cnc(C(=O)Nc4ccc(C(=O)N5CCN(C(=O)C6CCNCC6)CC5)c(Cl)c4)[nH]3)c(C(F)(F)F)n2)nc1. The second-order valence-corrected chi connectivity index (χ2v) is 12.0. The van der Waals surface area contributed by atoms with Crippen LogP contribution in [0.5, 0.6) is 5.75 Å². The van der Waals surface area contributed by atoms with Gasteiger partial charge in [0.2, 0.25) is 5.91 Å². The number of methoxy groups -OCH3 is 1. The van der Waals surface area contributed by atoms with Gasteiger partial charge in [-0.1, -0.05) is 11.6 Å². The number of hydrogen-bond donors (Lipinski definition) is 3. The molecule has 0 aliphatic carbocycles. The first-order chi connectivity index (χ1) is 23.5. The highest BCUT2D eigenvalue weighted by molar-refractivity contribution is 6.34. The zero-order chi connectivity index (χ0) is 34.7. The second-order valence-electron chi connectivity index (χ2n) is 11.6. The molecule has 3 N–H and O–H groups in total. The molecule has 3 aromatic heterocycles. The number of carbonyl (C=O) groups is 3. The number of carbonyl (C=O) groups excluding carboxylic acids is 3. The van der Waals surface area contributed by atoms with Gasteiger partial charge in [-0.2, -0.15) is 18.3 Å². The number of hydrogen-bond acceptors (Lipinski definition) is 9. The van der Waals surface area contributed by atoms with E-state index in [0.717, 1.165) is 36.8 Å². The molecular weight excluding hydrogens is 669 g/mol. The molecule has 0 saturated carbocycles. The molecule has 258 valence electrons. The van der Waals surface area contributed by atoms with Gasteiger partial charge in [0.15, 0.2) is 17.3 Å². The Balaban J connectivity index is 1.07. The first-order valence-corrected chi connectivity index (χ1v) is 15.8. The number of nitrogens with zero attached hydrogens (tertiary/aromatic N) is 7. The number of amides is 3. The maximum Gasteiger partial charge on any atom is 0.435 e. The van der Waals surface area contributed by atoms with E-state index in [-0.39, 0.29) is 63.5 Å². The third-order valence-corrected chi connectivity index (χ3v) is 8.68. The lowest BCUT2D eigenvalue weighted by molar-refractivity contribution is -0.142. The van der Waals surface area contributed by atoms with Gasteiger partial charge in [-0.25, -0.2) is 19.6 Å². The minimum atomic E-state index is -4.76. The molecule has 14 nitrogen and oxygen atoms in total. The number of piperidine rings is 1. The highest BCUT2D eigenvalue weighted by Crippen LogP contribution is 2.32. The standard InChI is InChI=1S/C31H32ClF3N10O4/c1-49-22-15-38-30(39-16-22)45-17-19(25(42-45)31(33,34)35)12-21-14-37-26(40-21)27(46)41-20-2-3-23(24(32)13-20)29(48)44-10-8-43(9-11-44)28(47)18-4-6-36-7-5-18/h2-3,13-18,36H,4-12H2,1H3,(H,37,40)(H,41,46). The van der Waals surface area contributed by atoms with E-state index < -0.39 is 17.8 Å². The van der Waals surface area contributed by atoms with E-state index in [1.54, 1.807) is 4.90 Å². The van der Waals surface area contributed by atoms with E-state index >= 15 is 0 Å². The highest BCUT2D eigenvalue weighted by Gasteiger charge is 2.38. The normalized spacial score (nSPS) is 15.7. The lowest BCUT2D eigenvalue weighted by atomic mass is 9.96. The Morgan fingerprint density at radius 2 is 1.71 bits per heavy atom. The van der Waals surface area contributed by atoms with Crippen LogP contribution in [0.15, 0.2) is 43.0 Å². The molecule has 2 aliphatic rings. The van der Waals surface area contributed by atoms with Gasteiger partial charge in [0.25, 0.3) is 17.8 Å². The molecule has 3 amide bonds. The molecule has 1 aromatic carbocycles. The molecule has 49 heavy (non-hydrogen) atoms. The zero-order valence-electron chi connectivity index (χ0n) is 26.3. The van der Waals surface area contributed by atoms with Gasteiger partial charge in [0.1, 0.15) is 0 Å². The van der Waals surface area contributed by atoms with Crippen molar-refractivity contribution in [2.24, 2.45) is 5.92 Å². The van der Waals surface area contributed by atoms with Crippen LogP contribution in [-0.4, -0.2) is 104 Å². The summed E-state index contributed by atoms with van der Waals surface area (Å²) in [6.45, 7) is 3.31. The quantitative estimate of drug-likeness (QED) is 0.251. The van der Waals surface area contributed by atoms with Crippen LogP contribution in [0.4, 0.5) is 18.9 Å². The molecule has 0 atom stereocenters. The van der Waals surface area contributed by atoms with Crippen LogP contribution in [0.1, 0.15) is 50.8 Å². The van der Waals surface area contributed by atoms with E-state index in [4.69, 9.17) is 16.3 Å². The monoisotopic (exact) mass is 700 g/mol. The summed E-state index contributed by atoms with van der Waals surface area (Å²) in [6, 6.07) is 4.45. The lowest BCUT2D eigenvalue weighted by Gasteiger charge is -2.37. The predicted molar refractivity (Wildman–Crippen MR) is 170 cm³/mol. The molecule has 0 spiro atoms. The number of ether oxygens (including phenoxy) is 1. The van der Waals surface area contributed by atoms with Gasteiger partial charge in [-0.05, 0) is 44.1 Å². The van der Waals surface area contributed by atoms with Crippen molar-refractivity contribution in [1.29, 1.82) is 0 Å². The van der Waals surface area contributed by atoms with Gasteiger partial charge in [-0.15, -0.1) is 0 Å². The molecule has 5 heterocycles. The summed E-state index contributed by atoms with van der Waals surface area (Å²) in [6.07, 6.45) is 1.62. The highest BCUT2D eigenvalue weighted by atomic mass is 35.5. The molecule has 18 heteroatoms. The third-order valence-electron chi connectivity index (χ3n) is 8.36. The number of nitrogens with one attached hydrogen (secondary N) is 3. The maximum absolute atomic E-state index is 13.8. The Kier molecular flexibility index (Phi) is 9.82. The summed E-state index contributed by atoms with van der Waals surface area (Å²) in [5.41, 5.74) is -0.572. The van der Waals surface area contributed by atoms with Crippen LogP contribution in [0, 0.1) is 5.92 Å². The summed E-state index contributed by atoms with van der Waals surface area (Å²) < 4.78 is 47.4. The molecule has 0 unspecified atom stereocenters. The van der Waals surface area contributed by atoms with Crippen LogP contribution in [-0.2, 0) is 17.4 Å². The number of rotatable bonds is 8. The molecule has 2 fully saturated rings. The van der Waals surface area contributed by atoms with Crippen molar-refractivity contribution < 1.29 is 32.3 Å². The molecule has 0 bridgehead atoms. The number of aromatic amines is 1. The van der Waals surface area contributed by atoms with Crippen LogP contribution >= 0.6 is 11.6 Å². The van der Waals surface area contributed by atoms with E-state index in [9.17, 15) is 27.6 Å². The smallest absolute Gasteiger partial charge is 0.435 e. The van der Waals surface area contributed by atoms with Crippen molar-refractivity contribution >= 4 is 35.0 Å². The van der Waals surface area contributed by atoms with Gasteiger partial charge >= 0.3 is 6.18 Å². The second kappa shape index (κ2) is 14.2. The number of aromatic nitrogens is 6. The van der Waals surface area contributed by atoms with E-state index in [2.05, 4.69) is 35.7 Å². The number of benzene rings is 1. The molecule has 2 aliphatic heterocycles. The molecule has 4 aromatic rings. The Hall–Kier alpha value is -5.03. The average molecular weight is 701 g/mol. The fourth-order valence-corrected chi connectivity index (χ4v) is 6.03. The number of imidazole rings is 1. The maximum atomic E-state index is 13.8. The third kappa shape index (κ3) is 7.67. The minimum Gasteiger partial charge on any atom is -0.494 e. The summed E-state index contributed by atoms with van der Waals surface area (Å²) >= 11 is 6.45. The minimum absolute atomic E-state index is 0.0158. The number of anilines is 1. The molecule has 0 radical (unpaired) electrons. The van der Waals surface area contributed by atoms with Crippen molar-refractivity contribution in [3.8, 4) is 11.7 Å². The van der Waals surface area contributed by atoms with Crippen LogP contribution in [0.3, 0.4) is 0 Å². The number of halogens is 4. The number of alkyl halides is 3. The van der Waals surface area contributed by atoms with Gasteiger partial charge in [0, 0.05) is 67.9 Å². The van der Waals surface area contributed by atoms with Gasteiger partial charge < -0.3 is 30.2 Å². The van der Waals surface area contributed by atoms with Crippen molar-refractivity contribution in [2.45, 2.75) is 25.4 Å². The van der Waals surface area contributed by atoms with Gasteiger partial charge in [0.05, 0.1) is 30.1 Å². The fraction of sp³-hybridized carbons (Fsp3) is 0.387. The van der Waals surface area contributed by atoms with Crippen LogP contribution in [0.2, 0.25) is 5.02 Å². The van der Waals surface area contributed by atoms with E-state index in [1.807, 2.05) is 4.90 Å². The summed E-state index contributed by atoms with van der Waals surface area (Å²) in [5.74, 6) is -0.714. The van der Waals surface area contributed by atoms with Crippen molar-refractivity contribution in [3.05, 3.63) is 76.3 Å². The van der Waals surface area contributed by atoms with Crippen LogP contribution in [0.25, 0.3) is 5.95 Å². The lowest BCUT2D eigenvalue weighted by Crippen LogP contribution is -2.52. The average Bonchev–Trinajstić information content (AvgIpc) is 3.76. The van der Waals surface area contributed by atoms with E-state index in [0.29, 0.717) is 31.9 Å². The predicted octanol–water partition coefficient (Wildman–Crippen LogP) is 3.19. The largest absolute Gasteiger partial charge is 0.494 e. The van der Waals surface area contributed by atoms with Crippen molar-refractivity contribution in [3.63, 3.8) is 0 Å². The first kappa shape index (κ1) is 33.9. The topological polar surface area (TPSA) is 163 Å². The molecule has 2 saturated heterocycles.